The van der Waals surface area contributed by atoms with Gasteiger partial charge in [0.2, 0.25) is 0 Å². The number of carboxylic acid groups (broad SMARTS) is 1. The molecule has 1 atom stereocenters. The van der Waals surface area contributed by atoms with Crippen LogP contribution in [0.5, 0.6) is 0 Å². The van der Waals surface area contributed by atoms with Crippen molar-refractivity contribution >= 4 is 5.97 Å². The Morgan fingerprint density at radius 2 is 2.00 bits per heavy atom. The first-order chi connectivity index (χ1) is 8.99. The molecule has 0 aromatic heterocycles. The minimum Gasteiger partial charge on any atom is -0.481 e. The summed E-state index contributed by atoms with van der Waals surface area (Å²) >= 11 is 0. The van der Waals surface area contributed by atoms with E-state index >= 15 is 0 Å². The van der Waals surface area contributed by atoms with Crippen LogP contribution in [0, 0.1) is 0 Å². The van der Waals surface area contributed by atoms with Gasteiger partial charge in [-0.1, -0.05) is 19.3 Å². The van der Waals surface area contributed by atoms with Crippen LogP contribution in [-0.2, 0) is 4.79 Å². The lowest BCUT2D eigenvalue weighted by atomic mass is 9.87. The number of carbonyl (C=O) groups is 1. The number of aliphatic carboxylic acids is 1. The summed E-state index contributed by atoms with van der Waals surface area (Å²) in [5.74, 6) is -0.684. The summed E-state index contributed by atoms with van der Waals surface area (Å²) in [6.45, 7) is 6.59. The molecule has 1 aliphatic carbocycles. The fourth-order valence-electron chi connectivity index (χ4n) is 3.57. The number of nitrogens with zero attached hydrogens (tertiary/aromatic N) is 1. The zero-order valence-corrected chi connectivity index (χ0v) is 12.3. The van der Waals surface area contributed by atoms with Crippen LogP contribution in [0.4, 0.5) is 0 Å². The molecule has 0 bridgehead atoms. The standard InChI is InChI=1S/C15H28N2O2/c1-15(2)11-16-12(8-9-14(18)19)10-17(15)13-6-4-3-5-7-13/h12-13,16H,3-11H2,1-2H3,(H,18,19). The molecular formula is C15H28N2O2. The Hall–Kier alpha value is -0.610. The van der Waals surface area contributed by atoms with Crippen LogP contribution in [0.25, 0.3) is 0 Å². The second-order valence-electron chi connectivity index (χ2n) is 6.77. The Kier molecular flexibility index (Phi) is 4.85. The largest absolute Gasteiger partial charge is 0.481 e. The zero-order chi connectivity index (χ0) is 13.9. The van der Waals surface area contributed by atoms with Crippen LogP contribution in [0.1, 0.15) is 58.8 Å². The number of rotatable bonds is 4. The third kappa shape index (κ3) is 3.93. The molecule has 1 saturated carbocycles. The summed E-state index contributed by atoms with van der Waals surface area (Å²) in [5, 5.41) is 12.3. The average molecular weight is 268 g/mol. The molecule has 0 amide bonds. The van der Waals surface area contributed by atoms with Gasteiger partial charge in [0.1, 0.15) is 0 Å². The minimum absolute atomic E-state index is 0.196. The monoisotopic (exact) mass is 268 g/mol. The van der Waals surface area contributed by atoms with E-state index in [-0.39, 0.29) is 12.0 Å². The van der Waals surface area contributed by atoms with Crippen LogP contribution in [0.15, 0.2) is 0 Å². The van der Waals surface area contributed by atoms with E-state index in [4.69, 9.17) is 5.11 Å². The number of hydrogen-bond donors (Lipinski definition) is 2. The molecule has 1 unspecified atom stereocenters. The molecule has 1 saturated heterocycles. The highest BCUT2D eigenvalue weighted by Gasteiger charge is 2.38. The topological polar surface area (TPSA) is 52.6 Å². The third-order valence-corrected chi connectivity index (χ3v) is 4.74. The maximum atomic E-state index is 10.7. The molecular weight excluding hydrogens is 240 g/mol. The normalized spacial score (nSPS) is 29.3. The number of hydrogen-bond acceptors (Lipinski definition) is 3. The zero-order valence-electron chi connectivity index (χ0n) is 12.3. The Bertz CT molecular complexity index is 311. The van der Waals surface area contributed by atoms with Crippen molar-refractivity contribution in [3.63, 3.8) is 0 Å². The van der Waals surface area contributed by atoms with Crippen molar-refractivity contribution < 1.29 is 9.90 Å². The summed E-state index contributed by atoms with van der Waals surface area (Å²) in [5.41, 5.74) is 0.196. The fraction of sp³-hybridized carbons (Fsp3) is 0.933. The third-order valence-electron chi connectivity index (χ3n) is 4.74. The van der Waals surface area contributed by atoms with Crippen LogP contribution >= 0.6 is 0 Å². The van der Waals surface area contributed by atoms with Crippen molar-refractivity contribution in [2.45, 2.75) is 76.4 Å². The Morgan fingerprint density at radius 3 is 2.63 bits per heavy atom. The quantitative estimate of drug-likeness (QED) is 0.821. The smallest absolute Gasteiger partial charge is 0.303 e. The maximum absolute atomic E-state index is 10.7. The maximum Gasteiger partial charge on any atom is 0.303 e. The van der Waals surface area contributed by atoms with Crippen molar-refractivity contribution in [2.75, 3.05) is 13.1 Å². The van der Waals surface area contributed by atoms with Crippen molar-refractivity contribution in [1.29, 1.82) is 0 Å². The molecule has 0 aromatic rings. The van der Waals surface area contributed by atoms with Gasteiger partial charge < -0.3 is 10.4 Å². The second-order valence-corrected chi connectivity index (χ2v) is 6.77. The highest BCUT2D eigenvalue weighted by molar-refractivity contribution is 5.66. The van der Waals surface area contributed by atoms with Gasteiger partial charge in [0, 0.05) is 37.1 Å². The highest BCUT2D eigenvalue weighted by atomic mass is 16.4. The van der Waals surface area contributed by atoms with E-state index in [1.807, 2.05) is 0 Å². The molecule has 1 aliphatic heterocycles. The molecule has 0 spiro atoms. The van der Waals surface area contributed by atoms with Crippen LogP contribution < -0.4 is 5.32 Å². The highest BCUT2D eigenvalue weighted by Crippen LogP contribution is 2.30. The number of nitrogens with one attached hydrogen (secondary N) is 1. The van der Waals surface area contributed by atoms with Crippen molar-refractivity contribution in [3.05, 3.63) is 0 Å². The molecule has 110 valence electrons. The van der Waals surface area contributed by atoms with E-state index in [2.05, 4.69) is 24.1 Å². The second kappa shape index (κ2) is 6.23. The Morgan fingerprint density at radius 1 is 1.32 bits per heavy atom. The van der Waals surface area contributed by atoms with Gasteiger partial charge >= 0.3 is 5.97 Å². The summed E-state index contributed by atoms with van der Waals surface area (Å²) < 4.78 is 0. The molecule has 4 heteroatoms. The van der Waals surface area contributed by atoms with E-state index in [9.17, 15) is 4.79 Å². The van der Waals surface area contributed by atoms with Crippen LogP contribution in [0.3, 0.4) is 0 Å². The number of carboxylic acids is 1. The summed E-state index contributed by atoms with van der Waals surface area (Å²) in [7, 11) is 0. The number of piperazine rings is 1. The predicted octanol–water partition coefficient (Wildman–Crippen LogP) is 2.24. The molecule has 0 radical (unpaired) electrons. The van der Waals surface area contributed by atoms with Gasteiger partial charge in [-0.05, 0) is 33.1 Å². The summed E-state index contributed by atoms with van der Waals surface area (Å²) in [6.07, 6.45) is 7.73. The van der Waals surface area contributed by atoms with Gasteiger partial charge in [0.25, 0.3) is 0 Å². The first-order valence-corrected chi connectivity index (χ1v) is 7.71. The van der Waals surface area contributed by atoms with E-state index in [0.717, 1.165) is 19.5 Å². The van der Waals surface area contributed by atoms with Crippen LogP contribution in [0.2, 0.25) is 0 Å². The average Bonchev–Trinajstić information content (AvgIpc) is 2.38. The van der Waals surface area contributed by atoms with Crippen molar-refractivity contribution in [3.8, 4) is 0 Å². The molecule has 1 heterocycles. The SMILES string of the molecule is CC1(C)CNC(CCC(=O)O)CN1C1CCCCC1. The molecule has 2 fully saturated rings. The van der Waals surface area contributed by atoms with Crippen LogP contribution in [-0.4, -0.2) is 46.7 Å². The molecule has 2 rings (SSSR count). The first-order valence-electron chi connectivity index (χ1n) is 7.71. The van der Waals surface area contributed by atoms with Gasteiger partial charge in [0.05, 0.1) is 0 Å². The van der Waals surface area contributed by atoms with E-state index < -0.39 is 5.97 Å². The first kappa shape index (κ1) is 14.8. The van der Waals surface area contributed by atoms with Crippen molar-refractivity contribution in [2.24, 2.45) is 0 Å². The Labute approximate surface area is 116 Å². The Balaban J connectivity index is 1.94. The predicted molar refractivity (Wildman–Crippen MR) is 76.3 cm³/mol. The summed E-state index contributed by atoms with van der Waals surface area (Å²) in [6, 6.07) is 1.05. The van der Waals surface area contributed by atoms with E-state index in [1.165, 1.54) is 32.1 Å². The van der Waals surface area contributed by atoms with Gasteiger partial charge in [-0.25, -0.2) is 0 Å². The summed E-state index contributed by atoms with van der Waals surface area (Å²) in [4.78, 5) is 13.4. The fourth-order valence-corrected chi connectivity index (χ4v) is 3.57. The van der Waals surface area contributed by atoms with E-state index in [0.29, 0.717) is 12.1 Å². The van der Waals surface area contributed by atoms with Gasteiger partial charge in [-0.3, -0.25) is 9.69 Å². The van der Waals surface area contributed by atoms with Crippen molar-refractivity contribution in [1.82, 2.24) is 10.2 Å². The lowest BCUT2D eigenvalue weighted by Crippen LogP contribution is -2.64. The molecule has 0 aromatic carbocycles. The lowest BCUT2D eigenvalue weighted by Gasteiger charge is -2.51. The van der Waals surface area contributed by atoms with Gasteiger partial charge in [-0.2, -0.15) is 0 Å². The van der Waals surface area contributed by atoms with Gasteiger partial charge in [0.15, 0.2) is 0 Å². The van der Waals surface area contributed by atoms with Gasteiger partial charge in [-0.15, -0.1) is 0 Å². The lowest BCUT2D eigenvalue weighted by molar-refractivity contribution is -0.137. The molecule has 2 N–H and O–H groups in total. The minimum atomic E-state index is -0.684. The molecule has 19 heavy (non-hydrogen) atoms. The molecule has 2 aliphatic rings. The molecule has 4 nitrogen and oxygen atoms in total. The van der Waals surface area contributed by atoms with E-state index in [1.54, 1.807) is 0 Å².